The quantitative estimate of drug-likeness (QED) is 0.698. The largest absolute Gasteiger partial charge is 0.281 e. The van der Waals surface area contributed by atoms with Crippen molar-refractivity contribution >= 4 is 16.6 Å². The summed E-state index contributed by atoms with van der Waals surface area (Å²) in [6.07, 6.45) is 5.15. The van der Waals surface area contributed by atoms with Crippen LogP contribution < -0.4 is 5.01 Å². The van der Waals surface area contributed by atoms with Crippen LogP contribution in [0.5, 0.6) is 0 Å². The summed E-state index contributed by atoms with van der Waals surface area (Å²) in [6.45, 7) is 9.54. The molecule has 0 N–H and O–H groups in total. The van der Waals surface area contributed by atoms with Gasteiger partial charge in [0.05, 0.1) is 11.2 Å². The Kier molecular flexibility index (Phi) is 3.88. The second kappa shape index (κ2) is 5.84. The fourth-order valence-corrected chi connectivity index (χ4v) is 2.92. The molecule has 2 aromatic heterocycles. The van der Waals surface area contributed by atoms with Crippen LogP contribution in [0.2, 0.25) is 0 Å². The van der Waals surface area contributed by atoms with Gasteiger partial charge in [0.25, 0.3) is 0 Å². The molecule has 0 saturated carbocycles. The van der Waals surface area contributed by atoms with Gasteiger partial charge in [-0.3, -0.25) is 14.7 Å². The monoisotopic (exact) mass is 293 g/mol. The molecule has 0 atom stereocenters. The molecule has 0 fully saturated rings. The average Bonchev–Trinajstić information content (AvgIpc) is 2.91. The van der Waals surface area contributed by atoms with Crippen molar-refractivity contribution in [3.8, 4) is 0 Å². The van der Waals surface area contributed by atoms with E-state index in [0.717, 1.165) is 18.7 Å². The van der Waals surface area contributed by atoms with E-state index >= 15 is 0 Å². The standard InChI is InChI=1S/C19H23N3/c1-5-11-21(18-8-10-20-16(4)15(18)3)22-12-9-17-13-14(2)6-7-19(17)22/h6-10,12-13H,5,11H2,1-4H3. The third kappa shape index (κ3) is 2.47. The van der Waals surface area contributed by atoms with E-state index in [4.69, 9.17) is 0 Å². The first-order valence-electron chi connectivity index (χ1n) is 7.89. The van der Waals surface area contributed by atoms with Crippen molar-refractivity contribution in [3.05, 3.63) is 59.5 Å². The fraction of sp³-hybridized carbons (Fsp3) is 0.316. The molecule has 22 heavy (non-hydrogen) atoms. The number of benzene rings is 1. The van der Waals surface area contributed by atoms with Crippen LogP contribution in [-0.2, 0) is 0 Å². The van der Waals surface area contributed by atoms with E-state index in [1.807, 2.05) is 6.20 Å². The molecular weight excluding hydrogens is 270 g/mol. The SMILES string of the molecule is CCCN(c1ccnc(C)c1C)n1ccc2cc(C)ccc21. The van der Waals surface area contributed by atoms with Crippen LogP contribution in [0, 0.1) is 20.8 Å². The van der Waals surface area contributed by atoms with Crippen LogP contribution in [0.3, 0.4) is 0 Å². The van der Waals surface area contributed by atoms with Gasteiger partial charge in [-0.15, -0.1) is 0 Å². The number of hydrogen-bond donors (Lipinski definition) is 0. The van der Waals surface area contributed by atoms with E-state index in [1.54, 1.807) is 0 Å². The van der Waals surface area contributed by atoms with Gasteiger partial charge in [0, 0.05) is 30.0 Å². The summed E-state index contributed by atoms with van der Waals surface area (Å²) in [5, 5.41) is 3.63. The van der Waals surface area contributed by atoms with Gasteiger partial charge >= 0.3 is 0 Å². The minimum absolute atomic E-state index is 0.974. The van der Waals surface area contributed by atoms with Crippen LogP contribution in [0.15, 0.2) is 42.7 Å². The molecule has 3 nitrogen and oxygen atoms in total. The molecular formula is C19H23N3. The Bertz CT molecular complexity index is 802. The van der Waals surface area contributed by atoms with Gasteiger partial charge in [0.2, 0.25) is 0 Å². The molecule has 3 rings (SSSR count). The first kappa shape index (κ1) is 14.6. The van der Waals surface area contributed by atoms with Gasteiger partial charge in [-0.2, -0.15) is 0 Å². The summed E-state index contributed by atoms with van der Waals surface area (Å²) in [5.74, 6) is 0. The molecule has 114 valence electrons. The van der Waals surface area contributed by atoms with Crippen LogP contribution >= 0.6 is 0 Å². The zero-order valence-electron chi connectivity index (χ0n) is 13.8. The maximum Gasteiger partial charge on any atom is 0.0698 e. The van der Waals surface area contributed by atoms with Gasteiger partial charge in [-0.25, -0.2) is 0 Å². The molecule has 0 spiro atoms. The van der Waals surface area contributed by atoms with E-state index in [0.29, 0.717) is 0 Å². The first-order chi connectivity index (χ1) is 10.6. The molecule has 0 aliphatic rings. The lowest BCUT2D eigenvalue weighted by Gasteiger charge is -2.28. The van der Waals surface area contributed by atoms with Crippen molar-refractivity contribution in [2.75, 3.05) is 11.6 Å². The molecule has 0 unspecified atom stereocenters. The zero-order valence-corrected chi connectivity index (χ0v) is 13.8. The molecule has 1 aromatic carbocycles. The summed E-state index contributed by atoms with van der Waals surface area (Å²) in [6, 6.07) is 10.9. The highest BCUT2D eigenvalue weighted by Crippen LogP contribution is 2.26. The summed E-state index contributed by atoms with van der Waals surface area (Å²) in [4.78, 5) is 4.40. The molecule has 3 heteroatoms. The molecule has 0 saturated heterocycles. The number of nitrogens with zero attached hydrogens (tertiary/aromatic N) is 3. The summed E-state index contributed by atoms with van der Waals surface area (Å²) in [5.41, 5.74) is 6.10. The molecule has 2 heterocycles. The van der Waals surface area contributed by atoms with Crippen molar-refractivity contribution in [2.24, 2.45) is 0 Å². The maximum absolute atomic E-state index is 4.40. The highest BCUT2D eigenvalue weighted by Gasteiger charge is 2.14. The van der Waals surface area contributed by atoms with E-state index in [9.17, 15) is 0 Å². The Balaban J connectivity index is 2.16. The lowest BCUT2D eigenvalue weighted by Crippen LogP contribution is -2.30. The van der Waals surface area contributed by atoms with Crippen LogP contribution in [-0.4, -0.2) is 16.2 Å². The van der Waals surface area contributed by atoms with Gasteiger partial charge in [0.15, 0.2) is 0 Å². The Morgan fingerprint density at radius 1 is 1.09 bits per heavy atom. The summed E-state index contributed by atoms with van der Waals surface area (Å²) < 4.78 is 2.26. The van der Waals surface area contributed by atoms with Crippen molar-refractivity contribution in [2.45, 2.75) is 34.1 Å². The zero-order chi connectivity index (χ0) is 15.7. The van der Waals surface area contributed by atoms with E-state index in [1.165, 1.54) is 27.7 Å². The Morgan fingerprint density at radius 3 is 2.68 bits per heavy atom. The van der Waals surface area contributed by atoms with E-state index in [-0.39, 0.29) is 0 Å². The minimum Gasteiger partial charge on any atom is -0.281 e. The second-order valence-corrected chi connectivity index (χ2v) is 5.89. The number of anilines is 1. The van der Waals surface area contributed by atoms with Crippen LogP contribution in [0.25, 0.3) is 10.9 Å². The van der Waals surface area contributed by atoms with Gasteiger partial charge in [0.1, 0.15) is 0 Å². The second-order valence-electron chi connectivity index (χ2n) is 5.89. The van der Waals surface area contributed by atoms with Crippen LogP contribution in [0.4, 0.5) is 5.69 Å². The predicted octanol–water partition coefficient (Wildman–Crippen LogP) is 4.64. The van der Waals surface area contributed by atoms with Crippen molar-refractivity contribution in [1.82, 2.24) is 9.66 Å². The fourth-order valence-electron chi connectivity index (χ4n) is 2.92. The van der Waals surface area contributed by atoms with Gasteiger partial charge < -0.3 is 0 Å². The lowest BCUT2D eigenvalue weighted by atomic mass is 10.2. The highest BCUT2D eigenvalue weighted by atomic mass is 15.5. The molecule has 0 aliphatic heterocycles. The number of fused-ring (bicyclic) bond motifs is 1. The highest BCUT2D eigenvalue weighted by molar-refractivity contribution is 5.82. The Labute approximate surface area is 132 Å². The third-order valence-electron chi connectivity index (χ3n) is 4.23. The first-order valence-corrected chi connectivity index (χ1v) is 7.89. The number of rotatable bonds is 4. The lowest BCUT2D eigenvalue weighted by molar-refractivity contribution is 0.693. The van der Waals surface area contributed by atoms with Crippen LogP contribution in [0.1, 0.15) is 30.2 Å². The van der Waals surface area contributed by atoms with Crippen molar-refractivity contribution in [1.29, 1.82) is 0 Å². The molecule has 3 aromatic rings. The minimum atomic E-state index is 0.974. The Morgan fingerprint density at radius 2 is 1.91 bits per heavy atom. The number of aromatic nitrogens is 2. The summed E-state index contributed by atoms with van der Waals surface area (Å²) >= 11 is 0. The Hall–Kier alpha value is -2.29. The molecule has 0 amide bonds. The number of pyridine rings is 1. The number of aryl methyl sites for hydroxylation is 2. The maximum atomic E-state index is 4.40. The molecule has 0 aliphatic carbocycles. The van der Waals surface area contributed by atoms with Gasteiger partial charge in [-0.05, 0) is 57.0 Å². The average molecular weight is 293 g/mol. The molecule has 0 radical (unpaired) electrons. The summed E-state index contributed by atoms with van der Waals surface area (Å²) in [7, 11) is 0. The van der Waals surface area contributed by atoms with Gasteiger partial charge in [-0.1, -0.05) is 18.6 Å². The van der Waals surface area contributed by atoms with E-state index < -0.39 is 0 Å². The number of hydrogen-bond acceptors (Lipinski definition) is 2. The van der Waals surface area contributed by atoms with E-state index in [2.05, 4.69) is 78.9 Å². The third-order valence-corrected chi connectivity index (χ3v) is 4.23. The smallest absolute Gasteiger partial charge is 0.0698 e. The van der Waals surface area contributed by atoms with Crippen molar-refractivity contribution in [3.63, 3.8) is 0 Å². The predicted molar refractivity (Wildman–Crippen MR) is 93.4 cm³/mol. The topological polar surface area (TPSA) is 21.1 Å². The van der Waals surface area contributed by atoms with Crippen molar-refractivity contribution < 1.29 is 0 Å². The normalized spacial score (nSPS) is 11.1. The molecule has 0 bridgehead atoms.